The van der Waals surface area contributed by atoms with Gasteiger partial charge in [0, 0.05) is 41.4 Å². The fourth-order valence-corrected chi connectivity index (χ4v) is 4.34. The lowest BCUT2D eigenvalue weighted by atomic mass is 10.0. The fraction of sp³-hybridized carbons (Fsp3) is 0.194. The number of amides is 1. The van der Waals surface area contributed by atoms with Crippen LogP contribution in [0, 0.1) is 6.92 Å². The summed E-state index contributed by atoms with van der Waals surface area (Å²) < 4.78 is 5.45. The summed E-state index contributed by atoms with van der Waals surface area (Å²) in [6.07, 6.45) is 2.47. The summed E-state index contributed by atoms with van der Waals surface area (Å²) in [6.45, 7) is 5.44. The van der Waals surface area contributed by atoms with Gasteiger partial charge in [-0.25, -0.2) is 9.97 Å². The lowest BCUT2D eigenvalue weighted by Gasteiger charge is -2.14. The number of nitrogen functional groups attached to an aromatic ring is 1. The van der Waals surface area contributed by atoms with Crippen molar-refractivity contribution in [1.82, 2.24) is 25.3 Å². The zero-order valence-corrected chi connectivity index (χ0v) is 22.0. The molecule has 3 N–H and O–H groups in total. The molecule has 39 heavy (non-hydrogen) atoms. The van der Waals surface area contributed by atoms with Crippen molar-refractivity contribution in [2.24, 2.45) is 0 Å². The molecule has 0 bridgehead atoms. The van der Waals surface area contributed by atoms with Crippen molar-refractivity contribution in [3.8, 4) is 22.5 Å². The van der Waals surface area contributed by atoms with Gasteiger partial charge in [-0.1, -0.05) is 48.5 Å². The summed E-state index contributed by atoms with van der Waals surface area (Å²) in [5.74, 6) is -0.350. The Balaban J connectivity index is 1.47. The number of benzene rings is 2. The molecule has 0 aliphatic rings. The normalized spacial score (nSPS) is 11.0. The van der Waals surface area contributed by atoms with E-state index in [0.717, 1.165) is 39.0 Å². The molecule has 0 fully saturated rings. The Hall–Kier alpha value is -4.69. The molecule has 0 radical (unpaired) electrons. The number of hydrogen-bond acceptors (Lipinski definition) is 7. The number of hydrogen-bond donors (Lipinski definition) is 2. The zero-order chi connectivity index (χ0) is 27.2. The summed E-state index contributed by atoms with van der Waals surface area (Å²) >= 11 is 0. The molecule has 8 nitrogen and oxygen atoms in total. The van der Waals surface area contributed by atoms with Crippen LogP contribution in [0.4, 0.5) is 5.82 Å². The van der Waals surface area contributed by atoms with E-state index < -0.39 is 5.91 Å². The molecule has 196 valence electrons. The number of carbonyl (C=O) groups is 1. The van der Waals surface area contributed by atoms with E-state index in [-0.39, 0.29) is 18.1 Å². The van der Waals surface area contributed by atoms with E-state index >= 15 is 0 Å². The second kappa shape index (κ2) is 11.8. The summed E-state index contributed by atoms with van der Waals surface area (Å²) in [6, 6.07) is 23.4. The SMILES string of the molecule is CCOCCc1ccc(C)c(CNC(=O)c2nc(-c3ccc4ncccc4c3)c(-c3ccccc3)nc2N)n1. The van der Waals surface area contributed by atoms with Gasteiger partial charge in [0.15, 0.2) is 11.5 Å². The van der Waals surface area contributed by atoms with Crippen LogP contribution in [0.2, 0.25) is 0 Å². The van der Waals surface area contributed by atoms with Crippen LogP contribution in [0.1, 0.15) is 34.4 Å². The van der Waals surface area contributed by atoms with Crippen LogP contribution < -0.4 is 11.1 Å². The number of aryl methyl sites for hydroxylation is 1. The van der Waals surface area contributed by atoms with Gasteiger partial charge in [-0.15, -0.1) is 0 Å². The van der Waals surface area contributed by atoms with E-state index in [1.807, 2.05) is 86.6 Å². The highest BCUT2D eigenvalue weighted by Gasteiger charge is 2.20. The van der Waals surface area contributed by atoms with E-state index in [4.69, 9.17) is 20.4 Å². The van der Waals surface area contributed by atoms with Crippen molar-refractivity contribution < 1.29 is 9.53 Å². The molecular formula is C31H30N6O2. The smallest absolute Gasteiger partial charge is 0.274 e. The van der Waals surface area contributed by atoms with Crippen molar-refractivity contribution >= 4 is 22.6 Å². The number of fused-ring (bicyclic) bond motifs is 1. The highest BCUT2D eigenvalue weighted by atomic mass is 16.5. The molecule has 5 aromatic rings. The van der Waals surface area contributed by atoms with Crippen molar-refractivity contribution in [1.29, 1.82) is 0 Å². The predicted molar refractivity (Wildman–Crippen MR) is 153 cm³/mol. The van der Waals surface area contributed by atoms with Gasteiger partial charge in [0.1, 0.15) is 0 Å². The number of nitrogens with one attached hydrogen (secondary N) is 1. The van der Waals surface area contributed by atoms with Gasteiger partial charge in [-0.3, -0.25) is 14.8 Å². The predicted octanol–water partition coefficient (Wildman–Crippen LogP) is 5.15. The molecular weight excluding hydrogens is 488 g/mol. The van der Waals surface area contributed by atoms with Gasteiger partial charge in [-0.2, -0.15) is 0 Å². The van der Waals surface area contributed by atoms with E-state index in [0.29, 0.717) is 31.0 Å². The molecule has 2 aromatic carbocycles. The molecule has 0 unspecified atom stereocenters. The number of rotatable bonds is 9. The summed E-state index contributed by atoms with van der Waals surface area (Å²) in [7, 11) is 0. The molecule has 0 saturated carbocycles. The Morgan fingerprint density at radius 1 is 0.923 bits per heavy atom. The second-order valence-electron chi connectivity index (χ2n) is 9.13. The molecule has 0 spiro atoms. The van der Waals surface area contributed by atoms with Crippen molar-refractivity contribution in [3.63, 3.8) is 0 Å². The minimum absolute atomic E-state index is 0.0627. The molecule has 0 aliphatic heterocycles. The molecule has 1 amide bonds. The minimum atomic E-state index is -0.413. The average Bonchev–Trinajstić information content (AvgIpc) is 2.97. The summed E-state index contributed by atoms with van der Waals surface area (Å²) in [4.78, 5) is 31.9. The molecule has 5 rings (SSSR count). The van der Waals surface area contributed by atoms with Crippen molar-refractivity contribution in [2.45, 2.75) is 26.8 Å². The summed E-state index contributed by atoms with van der Waals surface area (Å²) in [5, 5.41) is 3.90. The first-order chi connectivity index (χ1) is 19.0. The Kier molecular flexibility index (Phi) is 7.84. The molecule has 0 atom stereocenters. The van der Waals surface area contributed by atoms with Crippen LogP contribution in [0.3, 0.4) is 0 Å². The number of carbonyl (C=O) groups excluding carboxylic acids is 1. The Bertz CT molecular complexity index is 1620. The van der Waals surface area contributed by atoms with E-state index in [2.05, 4.69) is 15.3 Å². The number of pyridine rings is 2. The monoisotopic (exact) mass is 518 g/mol. The van der Waals surface area contributed by atoms with Crippen LogP contribution in [0.5, 0.6) is 0 Å². The number of anilines is 1. The van der Waals surface area contributed by atoms with Crippen molar-refractivity contribution in [2.75, 3.05) is 18.9 Å². The van der Waals surface area contributed by atoms with Gasteiger partial charge in [0.25, 0.3) is 5.91 Å². The lowest BCUT2D eigenvalue weighted by molar-refractivity contribution is 0.0946. The van der Waals surface area contributed by atoms with Crippen LogP contribution in [0.15, 0.2) is 79.0 Å². The lowest BCUT2D eigenvalue weighted by Crippen LogP contribution is -2.26. The maximum atomic E-state index is 13.3. The molecule has 0 aliphatic carbocycles. The van der Waals surface area contributed by atoms with Crippen LogP contribution >= 0.6 is 0 Å². The maximum Gasteiger partial charge on any atom is 0.274 e. The molecule has 3 aromatic heterocycles. The van der Waals surface area contributed by atoms with Crippen LogP contribution in [-0.2, 0) is 17.7 Å². The number of nitrogens with zero attached hydrogens (tertiary/aromatic N) is 4. The Morgan fingerprint density at radius 2 is 1.74 bits per heavy atom. The van der Waals surface area contributed by atoms with Gasteiger partial charge < -0.3 is 15.8 Å². The third-order valence-corrected chi connectivity index (χ3v) is 6.44. The van der Waals surface area contributed by atoms with Gasteiger partial charge >= 0.3 is 0 Å². The third kappa shape index (κ3) is 5.91. The standard InChI is InChI=1S/C31H30N6O2/c1-3-39-17-15-24-13-11-20(2)26(35-24)19-34-31(38)29-30(32)37-27(21-8-5-4-6-9-21)28(36-29)23-12-14-25-22(18-23)10-7-16-33-25/h4-14,16,18H,3,15,17,19H2,1-2H3,(H2,32,37)(H,34,38). The summed E-state index contributed by atoms with van der Waals surface area (Å²) in [5.41, 5.74) is 12.8. The number of ether oxygens (including phenoxy) is 1. The molecule has 3 heterocycles. The third-order valence-electron chi connectivity index (χ3n) is 6.44. The largest absolute Gasteiger partial charge is 0.382 e. The quantitative estimate of drug-likeness (QED) is 0.259. The van der Waals surface area contributed by atoms with Gasteiger partial charge in [-0.05, 0) is 43.7 Å². The highest BCUT2D eigenvalue weighted by molar-refractivity contribution is 5.98. The first kappa shape index (κ1) is 25.9. The van der Waals surface area contributed by atoms with Crippen molar-refractivity contribution in [3.05, 3.63) is 102 Å². The van der Waals surface area contributed by atoms with Crippen LogP contribution in [-0.4, -0.2) is 39.1 Å². The van der Waals surface area contributed by atoms with Gasteiger partial charge in [0.2, 0.25) is 0 Å². The van der Waals surface area contributed by atoms with E-state index in [1.54, 1.807) is 6.20 Å². The average molecular weight is 519 g/mol. The first-order valence-electron chi connectivity index (χ1n) is 12.9. The first-order valence-corrected chi connectivity index (χ1v) is 12.9. The van der Waals surface area contributed by atoms with E-state index in [9.17, 15) is 4.79 Å². The Labute approximate surface area is 227 Å². The Morgan fingerprint density at radius 3 is 2.56 bits per heavy atom. The highest BCUT2D eigenvalue weighted by Crippen LogP contribution is 2.32. The zero-order valence-electron chi connectivity index (χ0n) is 22.0. The molecule has 0 saturated heterocycles. The minimum Gasteiger partial charge on any atom is -0.382 e. The maximum absolute atomic E-state index is 13.3. The van der Waals surface area contributed by atoms with Crippen LogP contribution in [0.25, 0.3) is 33.4 Å². The molecule has 8 heteroatoms. The fourth-order valence-electron chi connectivity index (χ4n) is 4.34. The van der Waals surface area contributed by atoms with Gasteiger partial charge in [0.05, 0.1) is 35.8 Å². The second-order valence-corrected chi connectivity index (χ2v) is 9.13. The topological polar surface area (TPSA) is 116 Å². The van der Waals surface area contributed by atoms with E-state index in [1.165, 1.54) is 0 Å². The number of nitrogens with two attached hydrogens (primary N) is 1. The number of aromatic nitrogens is 4.